The standard InChI is InChI=1S/C18H21N5/c1-11-8-14-15(9-12(11)2)23-16(20)13(10-19)18(22-17(23)21-14)6-4-3-5-7-18/h8-9H,3-7,20H2,1-2H3,(H,21,22). The van der Waals surface area contributed by atoms with Gasteiger partial charge in [-0.15, -0.1) is 0 Å². The van der Waals surface area contributed by atoms with Crippen LogP contribution in [0.3, 0.4) is 0 Å². The average molecular weight is 307 g/mol. The zero-order valence-corrected chi connectivity index (χ0v) is 13.6. The first kappa shape index (κ1) is 14.1. The molecule has 0 atom stereocenters. The van der Waals surface area contributed by atoms with Gasteiger partial charge >= 0.3 is 0 Å². The van der Waals surface area contributed by atoms with E-state index in [0.717, 1.165) is 42.7 Å². The molecule has 4 rings (SSSR count). The van der Waals surface area contributed by atoms with Crippen molar-refractivity contribution in [2.45, 2.75) is 51.5 Å². The molecule has 2 heterocycles. The minimum Gasteiger partial charge on any atom is -0.384 e. The fraction of sp³-hybridized carbons (Fsp3) is 0.444. The Labute approximate surface area is 135 Å². The largest absolute Gasteiger partial charge is 0.384 e. The second kappa shape index (κ2) is 4.76. The van der Waals surface area contributed by atoms with Crippen LogP contribution in [0.4, 0.5) is 5.95 Å². The van der Waals surface area contributed by atoms with Crippen molar-refractivity contribution in [3.63, 3.8) is 0 Å². The number of imidazole rings is 1. The molecule has 23 heavy (non-hydrogen) atoms. The Morgan fingerprint density at radius 3 is 2.61 bits per heavy atom. The van der Waals surface area contributed by atoms with Crippen molar-refractivity contribution in [3.05, 3.63) is 28.8 Å². The lowest BCUT2D eigenvalue weighted by atomic mass is 9.76. The second-order valence-corrected chi connectivity index (χ2v) is 6.84. The van der Waals surface area contributed by atoms with Gasteiger partial charge in [0.2, 0.25) is 5.95 Å². The lowest BCUT2D eigenvalue weighted by Crippen LogP contribution is -2.46. The van der Waals surface area contributed by atoms with Crippen molar-refractivity contribution < 1.29 is 0 Å². The third-order valence-electron chi connectivity index (χ3n) is 5.42. The molecular weight excluding hydrogens is 286 g/mol. The highest BCUT2D eigenvalue weighted by Gasteiger charge is 2.42. The van der Waals surface area contributed by atoms with Gasteiger partial charge in [0.05, 0.1) is 22.1 Å². The lowest BCUT2D eigenvalue weighted by Gasteiger charge is -2.41. The van der Waals surface area contributed by atoms with Crippen molar-refractivity contribution in [1.82, 2.24) is 9.55 Å². The van der Waals surface area contributed by atoms with Gasteiger partial charge in [0.1, 0.15) is 11.9 Å². The van der Waals surface area contributed by atoms with Crippen LogP contribution < -0.4 is 11.1 Å². The molecular formula is C18H21N5. The van der Waals surface area contributed by atoms with Gasteiger partial charge in [-0.3, -0.25) is 4.57 Å². The Morgan fingerprint density at radius 2 is 1.91 bits per heavy atom. The zero-order valence-electron chi connectivity index (χ0n) is 13.6. The summed E-state index contributed by atoms with van der Waals surface area (Å²) in [7, 11) is 0. The van der Waals surface area contributed by atoms with Gasteiger partial charge in [0, 0.05) is 0 Å². The van der Waals surface area contributed by atoms with E-state index in [1.54, 1.807) is 0 Å². The summed E-state index contributed by atoms with van der Waals surface area (Å²) in [5, 5.41) is 13.3. The Hall–Kier alpha value is -2.48. The summed E-state index contributed by atoms with van der Waals surface area (Å²) in [5.41, 5.74) is 11.1. The van der Waals surface area contributed by atoms with Crippen molar-refractivity contribution in [1.29, 1.82) is 5.26 Å². The summed E-state index contributed by atoms with van der Waals surface area (Å²) in [6, 6.07) is 6.57. The van der Waals surface area contributed by atoms with E-state index in [1.807, 2.05) is 4.57 Å². The SMILES string of the molecule is Cc1cc2nc3n(c2cc1C)C(N)=C(C#N)C1(CCCCC1)N3. The number of benzene rings is 1. The van der Waals surface area contributed by atoms with Gasteiger partial charge in [0.25, 0.3) is 0 Å². The molecule has 3 N–H and O–H groups in total. The lowest BCUT2D eigenvalue weighted by molar-refractivity contribution is 0.368. The summed E-state index contributed by atoms with van der Waals surface area (Å²) < 4.78 is 1.90. The summed E-state index contributed by atoms with van der Waals surface area (Å²) >= 11 is 0. The number of nitrogens with one attached hydrogen (secondary N) is 1. The van der Waals surface area contributed by atoms with E-state index in [1.165, 1.54) is 17.5 Å². The number of nitriles is 1. The molecule has 0 radical (unpaired) electrons. The van der Waals surface area contributed by atoms with E-state index in [4.69, 9.17) is 10.7 Å². The smallest absolute Gasteiger partial charge is 0.210 e. The van der Waals surface area contributed by atoms with E-state index in [0.29, 0.717) is 11.4 Å². The van der Waals surface area contributed by atoms with Crippen molar-refractivity contribution in [3.8, 4) is 6.07 Å². The monoisotopic (exact) mass is 307 g/mol. The van der Waals surface area contributed by atoms with Crippen LogP contribution in [0.15, 0.2) is 17.7 Å². The van der Waals surface area contributed by atoms with E-state index in [2.05, 4.69) is 37.4 Å². The van der Waals surface area contributed by atoms with Crippen LogP contribution in [-0.4, -0.2) is 15.1 Å². The van der Waals surface area contributed by atoms with E-state index in [9.17, 15) is 5.26 Å². The number of nitrogens with zero attached hydrogens (tertiary/aromatic N) is 3. The summed E-state index contributed by atoms with van der Waals surface area (Å²) in [5.74, 6) is 1.30. The van der Waals surface area contributed by atoms with Crippen LogP contribution in [0.2, 0.25) is 0 Å². The molecule has 1 saturated carbocycles. The molecule has 1 aromatic carbocycles. The van der Waals surface area contributed by atoms with E-state index >= 15 is 0 Å². The number of hydrogen-bond donors (Lipinski definition) is 2. The van der Waals surface area contributed by atoms with Gasteiger partial charge in [-0.05, 0) is 49.9 Å². The molecule has 2 aromatic rings. The molecule has 0 saturated heterocycles. The summed E-state index contributed by atoms with van der Waals surface area (Å²) in [4.78, 5) is 4.75. The van der Waals surface area contributed by atoms with Crippen LogP contribution in [0.25, 0.3) is 16.9 Å². The molecule has 0 amide bonds. The Kier molecular flexibility index (Phi) is 2.92. The van der Waals surface area contributed by atoms with Crippen LogP contribution in [0.1, 0.15) is 43.2 Å². The predicted molar refractivity (Wildman–Crippen MR) is 91.7 cm³/mol. The molecule has 5 heteroatoms. The molecule has 118 valence electrons. The molecule has 1 aliphatic carbocycles. The third-order valence-corrected chi connectivity index (χ3v) is 5.42. The topological polar surface area (TPSA) is 79.7 Å². The normalized spacial score (nSPS) is 19.5. The highest BCUT2D eigenvalue weighted by molar-refractivity contribution is 5.87. The van der Waals surface area contributed by atoms with Gasteiger partial charge in [-0.2, -0.15) is 5.26 Å². The zero-order chi connectivity index (χ0) is 16.2. The van der Waals surface area contributed by atoms with Crippen LogP contribution in [0.5, 0.6) is 0 Å². The number of anilines is 1. The highest BCUT2D eigenvalue weighted by atomic mass is 15.3. The molecule has 1 spiro atoms. The van der Waals surface area contributed by atoms with Gasteiger partial charge in [-0.25, -0.2) is 4.98 Å². The quantitative estimate of drug-likeness (QED) is 0.781. The van der Waals surface area contributed by atoms with Crippen LogP contribution >= 0.6 is 0 Å². The summed E-state index contributed by atoms with van der Waals surface area (Å²) in [6.07, 6.45) is 5.33. The Bertz CT molecular complexity index is 875. The Morgan fingerprint density at radius 1 is 1.22 bits per heavy atom. The van der Waals surface area contributed by atoms with E-state index < -0.39 is 0 Å². The molecule has 1 aromatic heterocycles. The molecule has 1 aliphatic heterocycles. The maximum absolute atomic E-state index is 9.75. The van der Waals surface area contributed by atoms with Crippen LogP contribution in [0, 0.1) is 25.2 Å². The highest BCUT2D eigenvalue weighted by Crippen LogP contribution is 2.43. The number of fused-ring (bicyclic) bond motifs is 3. The molecule has 2 aliphatic rings. The minimum absolute atomic E-state index is 0.335. The first-order valence-electron chi connectivity index (χ1n) is 8.24. The maximum atomic E-state index is 9.75. The number of rotatable bonds is 0. The molecule has 0 bridgehead atoms. The van der Waals surface area contributed by atoms with Crippen molar-refractivity contribution >= 4 is 22.8 Å². The molecule has 5 nitrogen and oxygen atoms in total. The predicted octanol–water partition coefficient (Wildman–Crippen LogP) is 3.43. The third kappa shape index (κ3) is 1.88. The van der Waals surface area contributed by atoms with Crippen LogP contribution in [-0.2, 0) is 0 Å². The Balaban J connectivity index is 1.98. The summed E-state index contributed by atoms with van der Waals surface area (Å²) in [6.45, 7) is 4.17. The average Bonchev–Trinajstić information content (AvgIpc) is 2.86. The van der Waals surface area contributed by atoms with E-state index in [-0.39, 0.29) is 5.54 Å². The van der Waals surface area contributed by atoms with Gasteiger partial charge < -0.3 is 11.1 Å². The molecule has 1 fully saturated rings. The fourth-order valence-corrected chi connectivity index (χ4v) is 3.99. The minimum atomic E-state index is -0.335. The van der Waals surface area contributed by atoms with Gasteiger partial charge in [-0.1, -0.05) is 19.3 Å². The first-order valence-corrected chi connectivity index (χ1v) is 8.24. The number of aromatic nitrogens is 2. The molecule has 0 unspecified atom stereocenters. The number of nitrogens with two attached hydrogens (primary N) is 1. The first-order chi connectivity index (χ1) is 11.1. The fourth-order valence-electron chi connectivity index (χ4n) is 3.99. The van der Waals surface area contributed by atoms with Gasteiger partial charge in [0.15, 0.2) is 0 Å². The maximum Gasteiger partial charge on any atom is 0.210 e. The van der Waals surface area contributed by atoms with Crippen molar-refractivity contribution in [2.75, 3.05) is 5.32 Å². The van der Waals surface area contributed by atoms with Crippen molar-refractivity contribution in [2.24, 2.45) is 5.73 Å². The number of aryl methyl sites for hydroxylation is 2. The second-order valence-electron chi connectivity index (χ2n) is 6.84. The number of hydrogen-bond acceptors (Lipinski definition) is 4.